The molecule has 0 unspecified atom stereocenters. The molecule has 0 atom stereocenters. The summed E-state index contributed by atoms with van der Waals surface area (Å²) in [5.74, 6) is -0.307. The number of rotatable bonds is 2. The largest absolute Gasteiger partial charge is 0.397 e. The van der Waals surface area contributed by atoms with Crippen molar-refractivity contribution in [2.75, 3.05) is 11.1 Å². The SMILES string of the molecule is N#Cc1cccc(C(=O)Nc2ccc(Cl)c(N)c2)c1. The van der Waals surface area contributed by atoms with E-state index in [1.807, 2.05) is 6.07 Å². The molecule has 4 nitrogen and oxygen atoms in total. The van der Waals surface area contributed by atoms with Crippen LogP contribution in [-0.4, -0.2) is 5.91 Å². The van der Waals surface area contributed by atoms with Gasteiger partial charge in [-0.05, 0) is 36.4 Å². The minimum absolute atomic E-state index is 0.307. The highest BCUT2D eigenvalue weighted by molar-refractivity contribution is 6.33. The van der Waals surface area contributed by atoms with Crippen LogP contribution in [0, 0.1) is 11.3 Å². The Bertz CT molecular complexity index is 677. The quantitative estimate of drug-likeness (QED) is 0.824. The van der Waals surface area contributed by atoms with Crippen molar-refractivity contribution in [1.82, 2.24) is 0 Å². The Morgan fingerprint density at radius 1 is 1.26 bits per heavy atom. The van der Waals surface area contributed by atoms with E-state index in [9.17, 15) is 4.79 Å². The van der Waals surface area contributed by atoms with Crippen LogP contribution in [0.5, 0.6) is 0 Å². The molecule has 0 saturated heterocycles. The van der Waals surface area contributed by atoms with Crippen LogP contribution in [0.1, 0.15) is 15.9 Å². The second-order valence-corrected chi connectivity index (χ2v) is 4.29. The molecule has 3 N–H and O–H groups in total. The Morgan fingerprint density at radius 3 is 2.74 bits per heavy atom. The molecule has 0 radical (unpaired) electrons. The minimum atomic E-state index is -0.307. The van der Waals surface area contributed by atoms with Crippen LogP contribution in [0.3, 0.4) is 0 Å². The first-order valence-corrected chi connectivity index (χ1v) is 5.84. The van der Waals surface area contributed by atoms with E-state index in [2.05, 4.69) is 5.32 Å². The van der Waals surface area contributed by atoms with E-state index in [4.69, 9.17) is 22.6 Å². The predicted molar refractivity (Wildman–Crippen MR) is 75.0 cm³/mol. The molecular weight excluding hydrogens is 262 g/mol. The van der Waals surface area contributed by atoms with E-state index in [1.54, 1.807) is 36.4 Å². The van der Waals surface area contributed by atoms with Gasteiger partial charge in [-0.3, -0.25) is 4.79 Å². The molecule has 1 amide bonds. The Balaban J connectivity index is 2.21. The number of nitrogens with two attached hydrogens (primary N) is 1. The van der Waals surface area contributed by atoms with Gasteiger partial charge in [0.05, 0.1) is 22.3 Å². The van der Waals surface area contributed by atoms with E-state index in [0.29, 0.717) is 27.5 Å². The number of amides is 1. The number of hydrogen-bond acceptors (Lipinski definition) is 3. The van der Waals surface area contributed by atoms with Gasteiger partial charge >= 0.3 is 0 Å². The normalized spacial score (nSPS) is 9.68. The fourth-order valence-corrected chi connectivity index (χ4v) is 1.67. The van der Waals surface area contributed by atoms with Crippen LogP contribution in [0.2, 0.25) is 5.02 Å². The van der Waals surface area contributed by atoms with Crippen molar-refractivity contribution in [3.8, 4) is 6.07 Å². The smallest absolute Gasteiger partial charge is 0.255 e. The van der Waals surface area contributed by atoms with Gasteiger partial charge in [0.15, 0.2) is 0 Å². The maximum atomic E-state index is 12.0. The number of nitriles is 1. The third-order valence-electron chi connectivity index (χ3n) is 2.51. The van der Waals surface area contributed by atoms with Crippen LogP contribution < -0.4 is 11.1 Å². The molecule has 5 heteroatoms. The van der Waals surface area contributed by atoms with Crippen molar-refractivity contribution in [3.63, 3.8) is 0 Å². The number of nitrogens with one attached hydrogen (secondary N) is 1. The summed E-state index contributed by atoms with van der Waals surface area (Å²) < 4.78 is 0. The zero-order valence-electron chi connectivity index (χ0n) is 9.85. The lowest BCUT2D eigenvalue weighted by Gasteiger charge is -2.07. The van der Waals surface area contributed by atoms with E-state index < -0.39 is 0 Å². The molecule has 94 valence electrons. The molecular formula is C14H10ClN3O. The van der Waals surface area contributed by atoms with E-state index in [0.717, 1.165) is 0 Å². The number of hydrogen-bond donors (Lipinski definition) is 2. The third-order valence-corrected chi connectivity index (χ3v) is 2.85. The molecule has 0 bridgehead atoms. The van der Waals surface area contributed by atoms with Crippen molar-refractivity contribution < 1.29 is 4.79 Å². The van der Waals surface area contributed by atoms with Gasteiger partial charge in [0.1, 0.15) is 0 Å². The van der Waals surface area contributed by atoms with Crippen molar-refractivity contribution in [2.45, 2.75) is 0 Å². The number of nitrogens with zero attached hydrogens (tertiary/aromatic N) is 1. The summed E-state index contributed by atoms with van der Waals surface area (Å²) in [4.78, 5) is 12.0. The highest BCUT2D eigenvalue weighted by Crippen LogP contribution is 2.22. The molecule has 0 fully saturated rings. The zero-order valence-corrected chi connectivity index (χ0v) is 10.6. The van der Waals surface area contributed by atoms with Crippen molar-refractivity contribution in [2.24, 2.45) is 0 Å². The number of halogens is 1. The van der Waals surface area contributed by atoms with Gasteiger partial charge in [-0.25, -0.2) is 0 Å². The fraction of sp³-hybridized carbons (Fsp3) is 0. The molecule has 0 heterocycles. The van der Waals surface area contributed by atoms with Crippen LogP contribution in [0.15, 0.2) is 42.5 Å². The number of carbonyl (C=O) groups is 1. The standard InChI is InChI=1S/C14H10ClN3O/c15-12-5-4-11(7-13(12)17)18-14(19)10-3-1-2-9(6-10)8-16/h1-7H,17H2,(H,18,19). The van der Waals surface area contributed by atoms with Crippen LogP contribution in [-0.2, 0) is 0 Å². The Kier molecular flexibility index (Phi) is 3.69. The van der Waals surface area contributed by atoms with Gasteiger partial charge in [0.2, 0.25) is 0 Å². The van der Waals surface area contributed by atoms with Gasteiger partial charge in [-0.15, -0.1) is 0 Å². The summed E-state index contributed by atoms with van der Waals surface area (Å²) in [7, 11) is 0. The van der Waals surface area contributed by atoms with Crippen molar-refractivity contribution in [1.29, 1.82) is 5.26 Å². The number of benzene rings is 2. The van der Waals surface area contributed by atoms with Gasteiger partial charge in [-0.2, -0.15) is 5.26 Å². The van der Waals surface area contributed by atoms with E-state index in [1.165, 1.54) is 6.07 Å². The molecule has 0 aliphatic heterocycles. The lowest BCUT2D eigenvalue weighted by Crippen LogP contribution is -2.12. The van der Waals surface area contributed by atoms with Crippen LogP contribution in [0.4, 0.5) is 11.4 Å². The minimum Gasteiger partial charge on any atom is -0.397 e. The van der Waals surface area contributed by atoms with Crippen LogP contribution in [0.25, 0.3) is 0 Å². The Labute approximate surface area is 115 Å². The van der Waals surface area contributed by atoms with Crippen LogP contribution >= 0.6 is 11.6 Å². The molecule has 2 rings (SSSR count). The fourth-order valence-electron chi connectivity index (χ4n) is 1.55. The Hall–Kier alpha value is -2.51. The van der Waals surface area contributed by atoms with Crippen molar-refractivity contribution >= 4 is 28.9 Å². The summed E-state index contributed by atoms with van der Waals surface area (Å²) >= 11 is 5.80. The average Bonchev–Trinajstić information content (AvgIpc) is 2.43. The highest BCUT2D eigenvalue weighted by atomic mass is 35.5. The Morgan fingerprint density at radius 2 is 2.05 bits per heavy atom. The molecule has 0 saturated carbocycles. The molecule has 0 aromatic heterocycles. The summed E-state index contributed by atoms with van der Waals surface area (Å²) in [6.45, 7) is 0. The average molecular weight is 272 g/mol. The lowest BCUT2D eigenvalue weighted by molar-refractivity contribution is 0.102. The predicted octanol–water partition coefficient (Wildman–Crippen LogP) is 3.05. The molecule has 0 aliphatic rings. The monoisotopic (exact) mass is 271 g/mol. The maximum absolute atomic E-state index is 12.0. The molecule has 19 heavy (non-hydrogen) atoms. The molecule has 0 spiro atoms. The summed E-state index contributed by atoms with van der Waals surface area (Å²) in [6.07, 6.45) is 0. The topological polar surface area (TPSA) is 78.9 Å². The molecule has 0 aliphatic carbocycles. The summed E-state index contributed by atoms with van der Waals surface area (Å²) in [6, 6.07) is 13.3. The first-order valence-electron chi connectivity index (χ1n) is 5.46. The van der Waals surface area contributed by atoms with E-state index in [-0.39, 0.29) is 5.91 Å². The first-order chi connectivity index (χ1) is 9.10. The van der Waals surface area contributed by atoms with Crippen molar-refractivity contribution in [3.05, 3.63) is 58.6 Å². The van der Waals surface area contributed by atoms with E-state index >= 15 is 0 Å². The number of carbonyl (C=O) groups excluding carboxylic acids is 1. The van der Waals surface area contributed by atoms with Gasteiger partial charge in [-0.1, -0.05) is 17.7 Å². The third kappa shape index (κ3) is 3.03. The summed E-state index contributed by atoms with van der Waals surface area (Å²) in [5, 5.41) is 11.9. The molecule has 2 aromatic rings. The number of nitrogen functional groups attached to an aromatic ring is 1. The van der Waals surface area contributed by atoms with Gasteiger partial charge in [0.25, 0.3) is 5.91 Å². The second-order valence-electron chi connectivity index (χ2n) is 3.88. The van der Waals surface area contributed by atoms with Gasteiger partial charge in [0, 0.05) is 11.3 Å². The molecule has 2 aromatic carbocycles. The highest BCUT2D eigenvalue weighted by Gasteiger charge is 2.07. The first kappa shape index (κ1) is 12.9. The number of anilines is 2. The summed E-state index contributed by atoms with van der Waals surface area (Å²) in [5.41, 5.74) is 7.44. The maximum Gasteiger partial charge on any atom is 0.255 e. The van der Waals surface area contributed by atoms with Gasteiger partial charge < -0.3 is 11.1 Å². The second kappa shape index (κ2) is 5.42. The lowest BCUT2D eigenvalue weighted by atomic mass is 10.1. The zero-order chi connectivity index (χ0) is 13.8.